The van der Waals surface area contributed by atoms with Gasteiger partial charge >= 0.3 is 17.9 Å². The molecule has 6 nitrogen and oxygen atoms in total. The first-order chi connectivity index (χ1) is 14.9. The molecule has 6 heteroatoms. The molecule has 0 heterocycles. The predicted molar refractivity (Wildman–Crippen MR) is 121 cm³/mol. The van der Waals surface area contributed by atoms with Crippen molar-refractivity contribution in [3.8, 4) is 0 Å². The number of carboxylic acids is 2. The smallest absolute Gasteiger partial charge is 0.339 e. The van der Waals surface area contributed by atoms with E-state index in [1.807, 2.05) is 0 Å². The summed E-state index contributed by atoms with van der Waals surface area (Å²) in [6.07, 6.45) is 13.6. The van der Waals surface area contributed by atoms with Crippen LogP contribution >= 0.6 is 0 Å². The van der Waals surface area contributed by atoms with Crippen molar-refractivity contribution in [3.05, 3.63) is 34.9 Å². The van der Waals surface area contributed by atoms with Gasteiger partial charge in [-0.2, -0.15) is 0 Å². The normalized spacial score (nSPS) is 11.8. The summed E-state index contributed by atoms with van der Waals surface area (Å²) < 4.78 is 5.70. The summed E-state index contributed by atoms with van der Waals surface area (Å²) in [6, 6.07) is 3.88. The van der Waals surface area contributed by atoms with Crippen LogP contribution in [-0.4, -0.2) is 34.2 Å². The van der Waals surface area contributed by atoms with Gasteiger partial charge in [-0.25, -0.2) is 14.4 Å². The standard InChI is InChI=1S/C25H38O6/c1-3-5-7-9-11-13-16-19(15-12-10-8-6-4-2)31-25(30)21-18-14-17-20(23(26)27)22(21)24(28)29/h14,17-19H,3-13,15-16H2,1-2H3,(H,26,27)(H,28,29). The lowest BCUT2D eigenvalue weighted by molar-refractivity contribution is 0.0244. The second kappa shape index (κ2) is 15.4. The fourth-order valence-electron chi connectivity index (χ4n) is 3.74. The second-order valence-electron chi connectivity index (χ2n) is 8.13. The van der Waals surface area contributed by atoms with E-state index in [2.05, 4.69) is 13.8 Å². The molecule has 0 saturated carbocycles. The average molecular weight is 435 g/mol. The van der Waals surface area contributed by atoms with Gasteiger partial charge in [0.2, 0.25) is 0 Å². The Morgan fingerprint density at radius 1 is 0.742 bits per heavy atom. The van der Waals surface area contributed by atoms with Crippen molar-refractivity contribution in [2.75, 3.05) is 0 Å². The third-order valence-corrected chi connectivity index (χ3v) is 5.51. The number of carbonyl (C=O) groups excluding carboxylic acids is 1. The summed E-state index contributed by atoms with van der Waals surface area (Å²) in [5.41, 5.74) is -1.12. The van der Waals surface area contributed by atoms with E-state index in [0.717, 1.165) is 57.8 Å². The zero-order chi connectivity index (χ0) is 23.1. The van der Waals surface area contributed by atoms with Crippen LogP contribution in [0.15, 0.2) is 18.2 Å². The zero-order valence-corrected chi connectivity index (χ0v) is 19.0. The summed E-state index contributed by atoms with van der Waals surface area (Å²) >= 11 is 0. The number of unbranched alkanes of at least 4 members (excludes halogenated alkanes) is 9. The number of esters is 1. The molecule has 0 spiro atoms. The largest absolute Gasteiger partial charge is 0.478 e. The van der Waals surface area contributed by atoms with E-state index in [4.69, 9.17) is 4.74 Å². The van der Waals surface area contributed by atoms with Gasteiger partial charge in [0, 0.05) is 0 Å². The molecule has 1 rings (SSSR count). The SMILES string of the molecule is CCCCCCCCC(CCCCCCC)OC(=O)c1cccc(C(=O)O)c1C(=O)O. The Bertz CT molecular complexity index is 697. The summed E-state index contributed by atoms with van der Waals surface area (Å²) in [4.78, 5) is 35.8. The van der Waals surface area contributed by atoms with Crippen LogP contribution in [0.1, 0.15) is 128 Å². The first kappa shape index (κ1) is 26.7. The monoisotopic (exact) mass is 434 g/mol. The number of ether oxygens (including phenoxy) is 1. The summed E-state index contributed by atoms with van der Waals surface area (Å²) in [5, 5.41) is 18.8. The third kappa shape index (κ3) is 9.99. The van der Waals surface area contributed by atoms with Crippen molar-refractivity contribution in [1.82, 2.24) is 0 Å². The number of benzene rings is 1. The summed E-state index contributed by atoms with van der Waals surface area (Å²) in [7, 11) is 0. The van der Waals surface area contributed by atoms with Crippen LogP contribution in [0.3, 0.4) is 0 Å². The van der Waals surface area contributed by atoms with Crippen molar-refractivity contribution in [3.63, 3.8) is 0 Å². The number of rotatable bonds is 17. The van der Waals surface area contributed by atoms with Crippen LogP contribution in [0.4, 0.5) is 0 Å². The number of carboxylic acid groups (broad SMARTS) is 2. The Kier molecular flexibility index (Phi) is 13.3. The highest BCUT2D eigenvalue weighted by molar-refractivity contribution is 6.09. The first-order valence-corrected chi connectivity index (χ1v) is 11.7. The van der Waals surface area contributed by atoms with E-state index >= 15 is 0 Å². The Morgan fingerprint density at radius 2 is 1.23 bits per heavy atom. The maximum absolute atomic E-state index is 12.8. The summed E-state index contributed by atoms with van der Waals surface area (Å²) in [5.74, 6) is -3.59. The molecule has 1 atom stereocenters. The number of hydrogen-bond acceptors (Lipinski definition) is 4. The van der Waals surface area contributed by atoms with Gasteiger partial charge in [0.1, 0.15) is 6.10 Å². The highest BCUT2D eigenvalue weighted by Crippen LogP contribution is 2.21. The van der Waals surface area contributed by atoms with Gasteiger partial charge in [-0.05, 0) is 37.8 Å². The minimum absolute atomic E-state index is 0.202. The molecule has 0 aromatic heterocycles. The maximum atomic E-state index is 12.8. The van der Waals surface area contributed by atoms with Crippen LogP contribution in [0.25, 0.3) is 0 Å². The Labute approximate surface area is 186 Å². The van der Waals surface area contributed by atoms with Crippen molar-refractivity contribution < 1.29 is 29.3 Å². The van der Waals surface area contributed by atoms with Crippen molar-refractivity contribution >= 4 is 17.9 Å². The van der Waals surface area contributed by atoms with Gasteiger partial charge in [-0.3, -0.25) is 0 Å². The van der Waals surface area contributed by atoms with E-state index in [1.165, 1.54) is 43.9 Å². The molecule has 174 valence electrons. The van der Waals surface area contributed by atoms with E-state index in [0.29, 0.717) is 0 Å². The first-order valence-electron chi connectivity index (χ1n) is 11.7. The highest BCUT2D eigenvalue weighted by atomic mass is 16.5. The molecule has 1 aromatic carbocycles. The van der Waals surface area contributed by atoms with Crippen molar-refractivity contribution in [2.45, 2.75) is 103 Å². The van der Waals surface area contributed by atoms with Gasteiger partial charge in [0.15, 0.2) is 0 Å². The zero-order valence-electron chi connectivity index (χ0n) is 19.0. The topological polar surface area (TPSA) is 101 Å². The van der Waals surface area contributed by atoms with Gasteiger partial charge in [-0.15, -0.1) is 0 Å². The number of carbonyl (C=O) groups is 3. The Hall–Kier alpha value is -2.37. The fourth-order valence-corrected chi connectivity index (χ4v) is 3.74. The predicted octanol–water partition coefficient (Wildman–Crippen LogP) is 6.72. The van der Waals surface area contributed by atoms with E-state index in [9.17, 15) is 24.6 Å². The lowest BCUT2D eigenvalue weighted by Gasteiger charge is -2.19. The minimum atomic E-state index is -1.45. The van der Waals surface area contributed by atoms with Gasteiger partial charge in [0.05, 0.1) is 16.7 Å². The maximum Gasteiger partial charge on any atom is 0.339 e. The molecule has 1 unspecified atom stereocenters. The van der Waals surface area contributed by atoms with E-state index in [1.54, 1.807) is 0 Å². The molecule has 0 radical (unpaired) electrons. The molecule has 2 N–H and O–H groups in total. The van der Waals surface area contributed by atoms with Crippen LogP contribution in [0.2, 0.25) is 0 Å². The number of hydrogen-bond donors (Lipinski definition) is 2. The minimum Gasteiger partial charge on any atom is -0.478 e. The molecule has 0 aliphatic heterocycles. The van der Waals surface area contributed by atoms with Gasteiger partial charge in [0.25, 0.3) is 0 Å². The van der Waals surface area contributed by atoms with Crippen LogP contribution in [-0.2, 0) is 4.74 Å². The Balaban J connectivity index is 2.81. The Morgan fingerprint density at radius 3 is 1.71 bits per heavy atom. The van der Waals surface area contributed by atoms with Gasteiger partial charge < -0.3 is 14.9 Å². The fraction of sp³-hybridized carbons (Fsp3) is 0.640. The molecule has 0 bridgehead atoms. The molecule has 0 amide bonds. The molecule has 0 saturated heterocycles. The summed E-state index contributed by atoms with van der Waals surface area (Å²) in [6.45, 7) is 4.34. The van der Waals surface area contributed by atoms with Crippen LogP contribution in [0.5, 0.6) is 0 Å². The average Bonchev–Trinajstić information content (AvgIpc) is 2.74. The lowest BCUT2D eigenvalue weighted by Crippen LogP contribution is -2.22. The van der Waals surface area contributed by atoms with Crippen molar-refractivity contribution in [1.29, 1.82) is 0 Å². The van der Waals surface area contributed by atoms with Gasteiger partial charge in [-0.1, -0.05) is 77.7 Å². The quantitative estimate of drug-likeness (QED) is 0.208. The molecular weight excluding hydrogens is 396 g/mol. The molecule has 31 heavy (non-hydrogen) atoms. The van der Waals surface area contributed by atoms with Crippen LogP contribution in [0, 0.1) is 0 Å². The second-order valence-corrected chi connectivity index (χ2v) is 8.13. The van der Waals surface area contributed by atoms with E-state index < -0.39 is 29.0 Å². The van der Waals surface area contributed by atoms with Crippen molar-refractivity contribution in [2.24, 2.45) is 0 Å². The van der Waals surface area contributed by atoms with E-state index in [-0.39, 0.29) is 11.7 Å². The molecule has 0 fully saturated rings. The molecular formula is C25H38O6. The molecule has 0 aliphatic rings. The highest BCUT2D eigenvalue weighted by Gasteiger charge is 2.26. The number of aromatic carboxylic acids is 2. The molecule has 1 aromatic rings. The third-order valence-electron chi connectivity index (χ3n) is 5.51. The molecule has 0 aliphatic carbocycles. The lowest BCUT2D eigenvalue weighted by atomic mass is 10.00. The van der Waals surface area contributed by atoms with Crippen LogP contribution < -0.4 is 0 Å².